The van der Waals surface area contributed by atoms with Crippen LogP contribution >= 0.6 is 0 Å². The van der Waals surface area contributed by atoms with Gasteiger partial charge in [-0.05, 0) is 43.9 Å². The molecule has 1 aliphatic heterocycles. The van der Waals surface area contributed by atoms with Gasteiger partial charge in [-0.15, -0.1) is 0 Å². The lowest BCUT2D eigenvalue weighted by Gasteiger charge is -2.39. The number of nitrogens with two attached hydrogens (primary N) is 1. The highest BCUT2D eigenvalue weighted by Crippen LogP contribution is 2.28. The topological polar surface area (TPSA) is 72.1 Å². The van der Waals surface area contributed by atoms with Crippen molar-refractivity contribution in [3.05, 3.63) is 47.7 Å². The number of benzene rings is 1. The number of aromatic nitrogens is 2. The number of likely N-dealkylation sites (tertiary alicyclic amines) is 1. The number of rotatable bonds is 3. The van der Waals surface area contributed by atoms with E-state index in [1.165, 1.54) is 0 Å². The first-order valence-electron chi connectivity index (χ1n) is 8.51. The van der Waals surface area contributed by atoms with E-state index in [0.717, 1.165) is 36.2 Å². The summed E-state index contributed by atoms with van der Waals surface area (Å²) in [5.74, 6) is 0.471. The molecule has 5 nitrogen and oxygen atoms in total. The minimum Gasteiger partial charge on any atom is -0.334 e. The molecule has 5 heteroatoms. The second-order valence-corrected chi connectivity index (χ2v) is 6.58. The minimum atomic E-state index is 0.0429. The number of hydrogen-bond acceptors (Lipinski definition) is 4. The summed E-state index contributed by atoms with van der Waals surface area (Å²) in [7, 11) is 0. The van der Waals surface area contributed by atoms with E-state index in [4.69, 9.17) is 5.73 Å². The third kappa shape index (κ3) is 3.17. The lowest BCUT2D eigenvalue weighted by molar-refractivity contribution is 0.0533. The predicted molar refractivity (Wildman–Crippen MR) is 94.5 cm³/mol. The summed E-state index contributed by atoms with van der Waals surface area (Å²) < 4.78 is 0. The monoisotopic (exact) mass is 324 g/mol. The maximum absolute atomic E-state index is 13.3. The highest BCUT2D eigenvalue weighted by Gasteiger charge is 2.32. The number of piperidine rings is 1. The van der Waals surface area contributed by atoms with Crippen molar-refractivity contribution in [1.82, 2.24) is 15.1 Å². The molecule has 126 valence electrons. The average molecular weight is 324 g/mol. The number of aryl methyl sites for hydroxylation is 1. The molecule has 0 aliphatic carbocycles. The molecule has 1 aliphatic rings. The molecule has 2 aromatic rings. The molecule has 1 aromatic carbocycles. The molecule has 0 bridgehead atoms. The van der Waals surface area contributed by atoms with Gasteiger partial charge in [-0.1, -0.05) is 24.6 Å². The maximum Gasteiger partial charge on any atom is 0.254 e. The molecule has 24 heavy (non-hydrogen) atoms. The summed E-state index contributed by atoms with van der Waals surface area (Å²) in [5, 5.41) is 8.12. The van der Waals surface area contributed by atoms with Crippen molar-refractivity contribution in [1.29, 1.82) is 0 Å². The first-order valence-corrected chi connectivity index (χ1v) is 8.51. The van der Waals surface area contributed by atoms with Crippen molar-refractivity contribution >= 4 is 5.91 Å². The van der Waals surface area contributed by atoms with Gasteiger partial charge in [0.05, 0.1) is 5.69 Å². The molecule has 0 radical (unpaired) electrons. The molecule has 2 atom stereocenters. The van der Waals surface area contributed by atoms with Crippen LogP contribution in [0.5, 0.6) is 0 Å². The van der Waals surface area contributed by atoms with Gasteiger partial charge in [0.15, 0.2) is 0 Å². The summed E-state index contributed by atoms with van der Waals surface area (Å²) in [5.41, 5.74) is 9.25. The van der Waals surface area contributed by atoms with Crippen LogP contribution in [0.4, 0.5) is 0 Å². The number of carbonyl (C=O) groups excluding carboxylic acids is 1. The van der Waals surface area contributed by atoms with Gasteiger partial charge in [-0.3, -0.25) is 4.79 Å². The van der Waals surface area contributed by atoms with Crippen LogP contribution in [0.2, 0.25) is 0 Å². The zero-order valence-corrected chi connectivity index (χ0v) is 14.3. The Balaban J connectivity index is 2.02. The fourth-order valence-corrected chi connectivity index (χ4v) is 3.52. The Hall–Kier alpha value is -2.27. The molecular formula is C19H24N4O. The number of carbonyl (C=O) groups is 1. The third-order valence-corrected chi connectivity index (χ3v) is 4.87. The Kier molecular flexibility index (Phi) is 4.90. The molecule has 1 amide bonds. The Labute approximate surface area is 142 Å². The Morgan fingerprint density at radius 3 is 2.92 bits per heavy atom. The second kappa shape index (κ2) is 7.09. The zero-order valence-electron chi connectivity index (χ0n) is 14.3. The zero-order chi connectivity index (χ0) is 17.1. The highest BCUT2D eigenvalue weighted by atomic mass is 16.2. The molecule has 0 saturated carbocycles. The van der Waals surface area contributed by atoms with Crippen molar-refractivity contribution < 1.29 is 4.79 Å². The quantitative estimate of drug-likeness (QED) is 0.942. The summed E-state index contributed by atoms with van der Waals surface area (Å²) in [6, 6.07) is 9.72. The van der Waals surface area contributed by atoms with Gasteiger partial charge in [0, 0.05) is 36.5 Å². The predicted octanol–water partition coefficient (Wildman–Crippen LogP) is 2.65. The summed E-state index contributed by atoms with van der Waals surface area (Å²) in [6.45, 7) is 5.44. The van der Waals surface area contributed by atoms with E-state index in [1.54, 1.807) is 6.20 Å². The Bertz CT molecular complexity index is 717. The van der Waals surface area contributed by atoms with Crippen LogP contribution in [0, 0.1) is 12.8 Å². The standard InChI is InChI=1S/C19H24N4O/c1-13-7-8-15(17-6-3-9-21-22-17)16(11-13)19(24)23-10-4-5-14(2)18(23)12-20/h3,6-9,11,14,18H,4-5,10,12,20H2,1-2H3. The molecule has 2 heterocycles. The van der Waals surface area contributed by atoms with Gasteiger partial charge >= 0.3 is 0 Å². The smallest absolute Gasteiger partial charge is 0.254 e. The van der Waals surface area contributed by atoms with Gasteiger partial charge < -0.3 is 10.6 Å². The Morgan fingerprint density at radius 2 is 2.21 bits per heavy atom. The molecule has 1 fully saturated rings. The van der Waals surface area contributed by atoms with E-state index < -0.39 is 0 Å². The van der Waals surface area contributed by atoms with Crippen LogP contribution in [0.1, 0.15) is 35.7 Å². The Morgan fingerprint density at radius 1 is 1.38 bits per heavy atom. The van der Waals surface area contributed by atoms with E-state index in [9.17, 15) is 4.79 Å². The van der Waals surface area contributed by atoms with Gasteiger partial charge in [0.25, 0.3) is 5.91 Å². The van der Waals surface area contributed by atoms with Crippen LogP contribution in [0.15, 0.2) is 36.5 Å². The minimum absolute atomic E-state index is 0.0429. The average Bonchev–Trinajstić information content (AvgIpc) is 2.61. The second-order valence-electron chi connectivity index (χ2n) is 6.58. The van der Waals surface area contributed by atoms with Crippen molar-refractivity contribution in [2.24, 2.45) is 11.7 Å². The van der Waals surface area contributed by atoms with E-state index in [0.29, 0.717) is 18.0 Å². The molecule has 1 saturated heterocycles. The van der Waals surface area contributed by atoms with Crippen LogP contribution in [0.25, 0.3) is 11.3 Å². The fourth-order valence-electron chi connectivity index (χ4n) is 3.52. The van der Waals surface area contributed by atoms with Crippen molar-refractivity contribution in [2.45, 2.75) is 32.7 Å². The molecular weight excluding hydrogens is 300 g/mol. The molecule has 3 rings (SSSR count). The molecule has 1 aromatic heterocycles. The van der Waals surface area contributed by atoms with Crippen molar-refractivity contribution in [3.8, 4) is 11.3 Å². The number of hydrogen-bond donors (Lipinski definition) is 1. The summed E-state index contributed by atoms with van der Waals surface area (Å²) in [6.07, 6.45) is 3.78. The third-order valence-electron chi connectivity index (χ3n) is 4.87. The van der Waals surface area contributed by atoms with Gasteiger partial charge in [0.1, 0.15) is 0 Å². The largest absolute Gasteiger partial charge is 0.334 e. The lowest BCUT2D eigenvalue weighted by atomic mass is 9.89. The first kappa shape index (κ1) is 16.6. The number of amides is 1. The molecule has 2 unspecified atom stereocenters. The van der Waals surface area contributed by atoms with Crippen LogP contribution in [-0.2, 0) is 0 Å². The van der Waals surface area contributed by atoms with Gasteiger partial charge in [-0.25, -0.2) is 0 Å². The summed E-state index contributed by atoms with van der Waals surface area (Å²) in [4.78, 5) is 15.2. The van der Waals surface area contributed by atoms with E-state index in [-0.39, 0.29) is 11.9 Å². The van der Waals surface area contributed by atoms with Crippen molar-refractivity contribution in [3.63, 3.8) is 0 Å². The summed E-state index contributed by atoms with van der Waals surface area (Å²) >= 11 is 0. The molecule has 0 spiro atoms. The van der Waals surface area contributed by atoms with Gasteiger partial charge in [-0.2, -0.15) is 10.2 Å². The van der Waals surface area contributed by atoms with Crippen LogP contribution in [0.3, 0.4) is 0 Å². The normalized spacial score (nSPS) is 20.9. The van der Waals surface area contributed by atoms with E-state index >= 15 is 0 Å². The van der Waals surface area contributed by atoms with E-state index in [1.807, 2.05) is 42.2 Å². The SMILES string of the molecule is Cc1ccc(-c2cccnn2)c(C(=O)N2CCCC(C)C2CN)c1. The van der Waals surface area contributed by atoms with Crippen LogP contribution in [-0.4, -0.2) is 40.1 Å². The first-order chi connectivity index (χ1) is 11.6. The number of nitrogens with zero attached hydrogens (tertiary/aromatic N) is 3. The van der Waals surface area contributed by atoms with E-state index in [2.05, 4.69) is 17.1 Å². The highest BCUT2D eigenvalue weighted by molar-refractivity contribution is 6.01. The lowest BCUT2D eigenvalue weighted by Crippen LogP contribution is -2.51. The van der Waals surface area contributed by atoms with Crippen molar-refractivity contribution in [2.75, 3.05) is 13.1 Å². The van der Waals surface area contributed by atoms with Crippen LogP contribution < -0.4 is 5.73 Å². The van der Waals surface area contributed by atoms with Gasteiger partial charge in [0.2, 0.25) is 0 Å². The molecule has 2 N–H and O–H groups in total. The fraction of sp³-hybridized carbons (Fsp3) is 0.421. The maximum atomic E-state index is 13.3.